The Labute approximate surface area is 99.7 Å². The minimum Gasteiger partial charge on any atom is -0.343 e. The van der Waals surface area contributed by atoms with E-state index in [2.05, 4.69) is 33.8 Å². The molecule has 0 N–H and O–H groups in total. The maximum Gasteiger partial charge on any atom is 0.225 e. The summed E-state index contributed by atoms with van der Waals surface area (Å²) in [5.41, 5.74) is 1.48. The third-order valence-corrected chi connectivity index (χ3v) is 3.85. The molecule has 2 nitrogen and oxygen atoms in total. The van der Waals surface area contributed by atoms with E-state index in [1.807, 2.05) is 4.90 Å². The summed E-state index contributed by atoms with van der Waals surface area (Å²) in [6, 6.07) is 0. The third-order valence-electron chi connectivity index (χ3n) is 3.85. The summed E-state index contributed by atoms with van der Waals surface area (Å²) >= 11 is 0. The van der Waals surface area contributed by atoms with E-state index in [1.165, 1.54) is 18.4 Å². The number of rotatable bonds is 4. The number of hydrogen-bond donors (Lipinski definition) is 0. The van der Waals surface area contributed by atoms with E-state index in [0.717, 1.165) is 19.5 Å². The number of carbonyl (C=O) groups excluding carboxylic acids is 1. The van der Waals surface area contributed by atoms with Crippen LogP contribution in [0.3, 0.4) is 0 Å². The summed E-state index contributed by atoms with van der Waals surface area (Å²) in [6.07, 6.45) is 5.73. The van der Waals surface area contributed by atoms with Gasteiger partial charge in [0.15, 0.2) is 0 Å². The van der Waals surface area contributed by atoms with E-state index in [-0.39, 0.29) is 5.92 Å². The number of nitrogens with zero attached hydrogens (tertiary/aromatic N) is 1. The van der Waals surface area contributed by atoms with Gasteiger partial charge in [-0.1, -0.05) is 18.6 Å². The van der Waals surface area contributed by atoms with E-state index in [1.54, 1.807) is 0 Å². The smallest absolute Gasteiger partial charge is 0.225 e. The Hall–Kier alpha value is -0.790. The Bertz CT molecular complexity index is 266. The van der Waals surface area contributed by atoms with E-state index >= 15 is 0 Å². The van der Waals surface area contributed by atoms with Gasteiger partial charge in [-0.05, 0) is 46.0 Å². The van der Waals surface area contributed by atoms with E-state index in [0.29, 0.717) is 11.8 Å². The summed E-state index contributed by atoms with van der Waals surface area (Å²) in [5.74, 6) is 1.07. The van der Waals surface area contributed by atoms with Crippen molar-refractivity contribution < 1.29 is 4.79 Å². The fraction of sp³-hybridized carbons (Fsp3) is 0.786. The number of hydrogen-bond acceptors (Lipinski definition) is 1. The summed E-state index contributed by atoms with van der Waals surface area (Å²) in [7, 11) is 0. The second kappa shape index (κ2) is 6.07. The zero-order valence-electron chi connectivity index (χ0n) is 11.1. The quantitative estimate of drug-likeness (QED) is 0.670. The van der Waals surface area contributed by atoms with Crippen LogP contribution in [0, 0.1) is 11.8 Å². The van der Waals surface area contributed by atoms with Crippen molar-refractivity contribution >= 4 is 5.91 Å². The average Bonchev–Trinajstić information content (AvgIpc) is 2.30. The van der Waals surface area contributed by atoms with Crippen LogP contribution in [0.4, 0.5) is 0 Å². The molecule has 0 spiro atoms. The predicted molar refractivity (Wildman–Crippen MR) is 68.2 cm³/mol. The zero-order valence-corrected chi connectivity index (χ0v) is 11.1. The van der Waals surface area contributed by atoms with Crippen molar-refractivity contribution in [1.29, 1.82) is 0 Å². The highest BCUT2D eigenvalue weighted by molar-refractivity contribution is 5.78. The van der Waals surface area contributed by atoms with Crippen LogP contribution in [-0.4, -0.2) is 23.9 Å². The standard InChI is InChI=1S/C14H25NO/c1-5-15(6-2)14(16)12(4)13-9-7-11(3)8-10-13/h7,12-13H,5-6,8-10H2,1-4H3. The number of amides is 1. The highest BCUT2D eigenvalue weighted by atomic mass is 16.2. The van der Waals surface area contributed by atoms with Gasteiger partial charge in [0, 0.05) is 19.0 Å². The lowest BCUT2D eigenvalue weighted by molar-refractivity contribution is -0.136. The lowest BCUT2D eigenvalue weighted by Gasteiger charge is -2.30. The molecular formula is C14H25NO. The first kappa shape index (κ1) is 13.3. The molecule has 0 aromatic heterocycles. The topological polar surface area (TPSA) is 20.3 Å². The summed E-state index contributed by atoms with van der Waals surface area (Å²) in [4.78, 5) is 14.1. The van der Waals surface area contributed by atoms with Gasteiger partial charge in [-0.25, -0.2) is 0 Å². The van der Waals surface area contributed by atoms with Gasteiger partial charge in [0.1, 0.15) is 0 Å². The SMILES string of the molecule is CCN(CC)C(=O)C(C)C1CC=C(C)CC1. The molecule has 0 saturated heterocycles. The molecule has 0 radical (unpaired) electrons. The Morgan fingerprint density at radius 3 is 2.56 bits per heavy atom. The maximum atomic E-state index is 12.2. The molecule has 2 heteroatoms. The molecule has 0 aliphatic heterocycles. The van der Waals surface area contributed by atoms with Gasteiger partial charge in [-0.3, -0.25) is 4.79 Å². The molecule has 0 bridgehead atoms. The lowest BCUT2D eigenvalue weighted by Crippen LogP contribution is -2.38. The van der Waals surface area contributed by atoms with Crippen LogP contribution in [-0.2, 0) is 4.79 Å². The normalized spacial score (nSPS) is 22.5. The Morgan fingerprint density at radius 2 is 2.12 bits per heavy atom. The van der Waals surface area contributed by atoms with E-state index < -0.39 is 0 Å². The molecule has 1 aliphatic rings. The summed E-state index contributed by atoms with van der Waals surface area (Å²) in [6.45, 7) is 10.1. The molecule has 0 saturated carbocycles. The van der Waals surface area contributed by atoms with Crippen molar-refractivity contribution in [3.05, 3.63) is 11.6 Å². The molecule has 0 aromatic carbocycles. The highest BCUT2D eigenvalue weighted by Crippen LogP contribution is 2.30. The maximum absolute atomic E-state index is 12.2. The molecule has 0 heterocycles. The van der Waals surface area contributed by atoms with Crippen molar-refractivity contribution in [2.45, 2.75) is 47.0 Å². The second-order valence-electron chi connectivity index (χ2n) is 4.88. The van der Waals surface area contributed by atoms with Gasteiger partial charge in [0.05, 0.1) is 0 Å². The predicted octanol–water partition coefficient (Wildman–Crippen LogP) is 3.24. The van der Waals surface area contributed by atoms with Crippen LogP contribution in [0.15, 0.2) is 11.6 Å². The second-order valence-corrected chi connectivity index (χ2v) is 4.88. The molecule has 0 fully saturated rings. The Kier molecular flexibility index (Phi) is 5.04. The van der Waals surface area contributed by atoms with Crippen LogP contribution in [0.25, 0.3) is 0 Å². The van der Waals surface area contributed by atoms with Gasteiger partial charge < -0.3 is 4.90 Å². The van der Waals surface area contributed by atoms with Gasteiger partial charge in [-0.15, -0.1) is 0 Å². The molecule has 1 aliphatic carbocycles. The molecule has 0 aromatic rings. The van der Waals surface area contributed by atoms with Crippen LogP contribution in [0.5, 0.6) is 0 Å². The minimum absolute atomic E-state index is 0.184. The third kappa shape index (κ3) is 3.10. The first-order valence-electron chi connectivity index (χ1n) is 6.54. The molecule has 16 heavy (non-hydrogen) atoms. The molecular weight excluding hydrogens is 198 g/mol. The molecule has 2 unspecified atom stereocenters. The monoisotopic (exact) mass is 223 g/mol. The molecule has 1 rings (SSSR count). The van der Waals surface area contributed by atoms with E-state index in [4.69, 9.17) is 0 Å². The van der Waals surface area contributed by atoms with Gasteiger partial charge in [0.2, 0.25) is 5.91 Å². The fourth-order valence-electron chi connectivity index (χ4n) is 2.46. The molecule has 1 amide bonds. The largest absolute Gasteiger partial charge is 0.343 e. The first-order valence-corrected chi connectivity index (χ1v) is 6.54. The lowest BCUT2D eigenvalue weighted by atomic mass is 9.81. The summed E-state index contributed by atoms with van der Waals surface area (Å²) in [5, 5.41) is 0. The van der Waals surface area contributed by atoms with Crippen molar-refractivity contribution in [1.82, 2.24) is 4.90 Å². The summed E-state index contributed by atoms with van der Waals surface area (Å²) < 4.78 is 0. The van der Waals surface area contributed by atoms with Crippen LogP contribution >= 0.6 is 0 Å². The Morgan fingerprint density at radius 1 is 1.50 bits per heavy atom. The molecule has 92 valence electrons. The van der Waals surface area contributed by atoms with Crippen LogP contribution in [0.1, 0.15) is 47.0 Å². The number of allylic oxidation sites excluding steroid dienone is 2. The van der Waals surface area contributed by atoms with E-state index in [9.17, 15) is 4.79 Å². The van der Waals surface area contributed by atoms with Crippen molar-refractivity contribution in [3.63, 3.8) is 0 Å². The average molecular weight is 223 g/mol. The zero-order chi connectivity index (χ0) is 12.1. The van der Waals surface area contributed by atoms with Gasteiger partial charge >= 0.3 is 0 Å². The first-order chi connectivity index (χ1) is 7.60. The van der Waals surface area contributed by atoms with Crippen molar-refractivity contribution in [2.75, 3.05) is 13.1 Å². The number of carbonyl (C=O) groups is 1. The van der Waals surface area contributed by atoms with Crippen LogP contribution in [0.2, 0.25) is 0 Å². The van der Waals surface area contributed by atoms with Gasteiger partial charge in [0.25, 0.3) is 0 Å². The molecule has 2 atom stereocenters. The minimum atomic E-state index is 0.184. The van der Waals surface area contributed by atoms with Crippen molar-refractivity contribution in [2.24, 2.45) is 11.8 Å². The highest BCUT2D eigenvalue weighted by Gasteiger charge is 2.27. The Balaban J connectivity index is 2.57. The van der Waals surface area contributed by atoms with Crippen molar-refractivity contribution in [3.8, 4) is 0 Å². The van der Waals surface area contributed by atoms with Crippen LogP contribution < -0.4 is 0 Å². The van der Waals surface area contributed by atoms with Gasteiger partial charge in [-0.2, -0.15) is 0 Å². The fourth-order valence-corrected chi connectivity index (χ4v) is 2.46.